The molecule has 0 bridgehead atoms. The maximum absolute atomic E-state index is 12.5. The summed E-state index contributed by atoms with van der Waals surface area (Å²) in [6.07, 6.45) is 0. The van der Waals surface area contributed by atoms with Crippen molar-refractivity contribution in [1.29, 1.82) is 5.26 Å². The van der Waals surface area contributed by atoms with Crippen molar-refractivity contribution < 1.29 is 23.0 Å². The summed E-state index contributed by atoms with van der Waals surface area (Å²) in [5.74, 6) is -0.325. The Bertz CT molecular complexity index is 755. The van der Waals surface area contributed by atoms with Crippen LogP contribution in [0.4, 0.5) is 14.5 Å². The highest BCUT2D eigenvalue weighted by Crippen LogP contribution is 2.26. The van der Waals surface area contributed by atoms with Crippen LogP contribution in [0.1, 0.15) is 5.56 Å². The molecule has 0 aliphatic carbocycles. The SMILES string of the molecule is N#Cc1ccccc1OCC(=O)Nc1ccc(OC(F)(F)Cl)cc1. The van der Waals surface area contributed by atoms with Gasteiger partial charge in [0.15, 0.2) is 6.61 Å². The third-order valence-electron chi connectivity index (χ3n) is 2.74. The summed E-state index contributed by atoms with van der Waals surface area (Å²) in [6.45, 7) is -0.309. The number of nitriles is 1. The highest BCUT2D eigenvalue weighted by atomic mass is 35.5. The quantitative estimate of drug-likeness (QED) is 0.804. The van der Waals surface area contributed by atoms with Gasteiger partial charge in [-0.2, -0.15) is 5.26 Å². The second-order valence-electron chi connectivity index (χ2n) is 4.52. The Morgan fingerprint density at radius 1 is 1.21 bits per heavy atom. The molecule has 2 rings (SSSR count). The molecule has 2 aromatic rings. The predicted molar refractivity (Wildman–Crippen MR) is 83.2 cm³/mol. The van der Waals surface area contributed by atoms with Gasteiger partial charge in [-0.3, -0.25) is 4.79 Å². The van der Waals surface area contributed by atoms with Gasteiger partial charge in [-0.25, -0.2) is 0 Å². The summed E-state index contributed by atoms with van der Waals surface area (Å²) in [4.78, 5) is 11.8. The highest BCUT2D eigenvalue weighted by molar-refractivity contribution is 6.20. The van der Waals surface area contributed by atoms with E-state index >= 15 is 0 Å². The third kappa shape index (κ3) is 5.41. The summed E-state index contributed by atoms with van der Waals surface area (Å²) in [5.41, 5.74) is -3.12. The largest absolute Gasteiger partial charge is 0.487 e. The topological polar surface area (TPSA) is 71.3 Å². The molecule has 0 fully saturated rings. The second kappa shape index (κ2) is 7.62. The minimum atomic E-state index is -3.80. The van der Waals surface area contributed by atoms with E-state index in [1.807, 2.05) is 6.07 Å². The molecule has 0 aliphatic rings. The van der Waals surface area contributed by atoms with Crippen molar-refractivity contribution in [3.05, 3.63) is 54.1 Å². The zero-order valence-electron chi connectivity index (χ0n) is 12.1. The van der Waals surface area contributed by atoms with E-state index in [1.54, 1.807) is 24.3 Å². The number of rotatable bonds is 6. The van der Waals surface area contributed by atoms with Gasteiger partial charge in [-0.15, -0.1) is 8.78 Å². The van der Waals surface area contributed by atoms with E-state index in [2.05, 4.69) is 21.7 Å². The lowest BCUT2D eigenvalue weighted by molar-refractivity contribution is -0.118. The minimum Gasteiger partial charge on any atom is -0.482 e. The Balaban J connectivity index is 1.89. The first-order valence-electron chi connectivity index (χ1n) is 6.65. The van der Waals surface area contributed by atoms with E-state index in [9.17, 15) is 13.6 Å². The molecule has 0 aromatic heterocycles. The molecule has 5 nitrogen and oxygen atoms in total. The first-order chi connectivity index (χ1) is 11.4. The number of nitrogens with zero attached hydrogens (tertiary/aromatic N) is 1. The number of amides is 1. The number of carbonyl (C=O) groups is 1. The van der Waals surface area contributed by atoms with E-state index in [-0.39, 0.29) is 12.4 Å². The molecule has 2 aromatic carbocycles. The van der Waals surface area contributed by atoms with Gasteiger partial charge in [-0.05, 0) is 36.4 Å². The van der Waals surface area contributed by atoms with Crippen LogP contribution in [0.5, 0.6) is 11.5 Å². The number of hydrogen-bond acceptors (Lipinski definition) is 4. The lowest BCUT2D eigenvalue weighted by Gasteiger charge is -2.11. The summed E-state index contributed by atoms with van der Waals surface area (Å²) < 4.78 is 34.4. The predicted octanol–water partition coefficient (Wildman–Crippen LogP) is 3.74. The molecule has 0 unspecified atom stereocenters. The Labute approximate surface area is 141 Å². The Hall–Kier alpha value is -2.85. The number of hydrogen-bond donors (Lipinski definition) is 1. The van der Waals surface area contributed by atoms with Crippen LogP contribution in [-0.2, 0) is 4.79 Å². The van der Waals surface area contributed by atoms with Gasteiger partial charge in [0.25, 0.3) is 5.91 Å². The smallest absolute Gasteiger partial charge is 0.482 e. The lowest BCUT2D eigenvalue weighted by Crippen LogP contribution is -2.20. The molecule has 24 heavy (non-hydrogen) atoms. The van der Waals surface area contributed by atoms with E-state index in [1.165, 1.54) is 24.3 Å². The van der Waals surface area contributed by atoms with Crippen LogP contribution in [0.15, 0.2) is 48.5 Å². The first-order valence-corrected chi connectivity index (χ1v) is 7.03. The number of nitrogens with one attached hydrogen (secondary N) is 1. The van der Waals surface area contributed by atoms with Crippen molar-refractivity contribution in [2.75, 3.05) is 11.9 Å². The first kappa shape index (κ1) is 17.5. The molecule has 0 heterocycles. The fourth-order valence-corrected chi connectivity index (χ4v) is 1.85. The normalized spacial score (nSPS) is 10.6. The van der Waals surface area contributed by atoms with E-state index in [4.69, 9.17) is 10.00 Å². The molecule has 1 amide bonds. The molecule has 0 aliphatic heterocycles. The van der Waals surface area contributed by atoms with Crippen molar-refractivity contribution in [3.63, 3.8) is 0 Å². The number of anilines is 1. The maximum atomic E-state index is 12.5. The fraction of sp³-hybridized carbons (Fsp3) is 0.125. The monoisotopic (exact) mass is 352 g/mol. The fourth-order valence-electron chi connectivity index (χ4n) is 1.77. The average molecular weight is 353 g/mol. The summed E-state index contributed by atoms with van der Waals surface area (Å²) in [5, 5.41) is 11.4. The Kier molecular flexibility index (Phi) is 5.55. The Morgan fingerprint density at radius 3 is 2.50 bits per heavy atom. The summed E-state index contributed by atoms with van der Waals surface area (Å²) in [7, 11) is 0. The standard InChI is InChI=1S/C16H11ClF2N2O3/c17-16(18,19)24-13-7-5-12(6-8-13)21-15(22)10-23-14-4-2-1-3-11(14)9-20/h1-8H,10H2,(H,21,22). The summed E-state index contributed by atoms with van der Waals surface area (Å²) in [6, 6.07) is 13.7. The molecule has 124 valence electrons. The van der Waals surface area contributed by atoms with Crippen LogP contribution in [0.3, 0.4) is 0 Å². The molecule has 0 spiro atoms. The second-order valence-corrected chi connectivity index (χ2v) is 4.96. The van der Waals surface area contributed by atoms with Crippen molar-refractivity contribution in [1.82, 2.24) is 0 Å². The third-order valence-corrected chi connectivity index (χ3v) is 2.82. The highest BCUT2D eigenvalue weighted by Gasteiger charge is 2.27. The van der Waals surface area contributed by atoms with E-state index in [0.29, 0.717) is 17.0 Å². The van der Waals surface area contributed by atoms with Gasteiger partial charge in [0, 0.05) is 17.3 Å². The number of alkyl halides is 3. The maximum Gasteiger partial charge on any atom is 0.487 e. The van der Waals surface area contributed by atoms with Gasteiger partial charge in [0.2, 0.25) is 0 Å². The van der Waals surface area contributed by atoms with Gasteiger partial charge >= 0.3 is 5.57 Å². The molecular formula is C16H11ClF2N2O3. The number of para-hydroxylation sites is 1. The van der Waals surface area contributed by atoms with Crippen LogP contribution in [0, 0.1) is 11.3 Å². The number of ether oxygens (including phenoxy) is 2. The zero-order chi connectivity index (χ0) is 17.6. The zero-order valence-corrected chi connectivity index (χ0v) is 12.9. The van der Waals surface area contributed by atoms with E-state index < -0.39 is 11.5 Å². The number of halogens is 3. The van der Waals surface area contributed by atoms with Crippen LogP contribution < -0.4 is 14.8 Å². The van der Waals surface area contributed by atoms with Crippen LogP contribution >= 0.6 is 11.6 Å². The van der Waals surface area contributed by atoms with Crippen LogP contribution in [0.25, 0.3) is 0 Å². The molecule has 0 radical (unpaired) electrons. The van der Waals surface area contributed by atoms with E-state index in [0.717, 1.165) is 0 Å². The number of benzene rings is 2. The molecular weight excluding hydrogens is 342 g/mol. The number of carbonyl (C=O) groups excluding carboxylic acids is 1. The van der Waals surface area contributed by atoms with Gasteiger partial charge < -0.3 is 14.8 Å². The summed E-state index contributed by atoms with van der Waals surface area (Å²) >= 11 is 4.65. The molecule has 1 N–H and O–H groups in total. The lowest BCUT2D eigenvalue weighted by atomic mass is 10.2. The van der Waals surface area contributed by atoms with Crippen molar-refractivity contribution in [2.45, 2.75) is 5.57 Å². The van der Waals surface area contributed by atoms with Crippen molar-refractivity contribution in [3.8, 4) is 17.6 Å². The van der Waals surface area contributed by atoms with Gasteiger partial charge in [-0.1, -0.05) is 12.1 Å². The van der Waals surface area contributed by atoms with Crippen LogP contribution in [-0.4, -0.2) is 18.1 Å². The van der Waals surface area contributed by atoms with Crippen molar-refractivity contribution >= 4 is 23.2 Å². The minimum absolute atomic E-state index is 0.146. The van der Waals surface area contributed by atoms with Gasteiger partial charge in [0.1, 0.15) is 17.6 Å². The van der Waals surface area contributed by atoms with Crippen molar-refractivity contribution in [2.24, 2.45) is 0 Å². The molecule has 0 saturated heterocycles. The van der Waals surface area contributed by atoms with Gasteiger partial charge in [0.05, 0.1) is 5.56 Å². The average Bonchev–Trinajstić information content (AvgIpc) is 2.53. The molecule has 8 heteroatoms. The van der Waals surface area contributed by atoms with Crippen LogP contribution in [0.2, 0.25) is 0 Å². The molecule has 0 atom stereocenters. The molecule has 0 saturated carbocycles. The Morgan fingerprint density at radius 2 is 1.88 bits per heavy atom.